The van der Waals surface area contributed by atoms with Crippen molar-refractivity contribution in [2.24, 2.45) is 0 Å². The van der Waals surface area contributed by atoms with Gasteiger partial charge in [-0.05, 0) is 46.6 Å². The summed E-state index contributed by atoms with van der Waals surface area (Å²) in [5, 5.41) is 9.67. The molecule has 2 aromatic rings. The van der Waals surface area contributed by atoms with Crippen LogP contribution < -0.4 is 4.74 Å². The summed E-state index contributed by atoms with van der Waals surface area (Å²) in [5.74, 6) is 1.66. The van der Waals surface area contributed by atoms with Crippen LogP contribution in [0.15, 0.2) is 42.5 Å². The molecule has 0 heterocycles. The van der Waals surface area contributed by atoms with Crippen molar-refractivity contribution < 1.29 is 4.74 Å². The Morgan fingerprint density at radius 2 is 1.42 bits per heavy atom. The van der Waals surface area contributed by atoms with Crippen LogP contribution >= 0.6 is 0 Å². The van der Waals surface area contributed by atoms with Crippen molar-refractivity contribution in [2.45, 2.75) is 51.9 Å². The summed E-state index contributed by atoms with van der Waals surface area (Å²) < 4.78 is 5.50. The van der Waals surface area contributed by atoms with Gasteiger partial charge in [0, 0.05) is 0 Å². The minimum atomic E-state index is -0.164. The summed E-state index contributed by atoms with van der Waals surface area (Å²) in [6.07, 6.45) is 0.668. The molecule has 0 aliphatic rings. The molecule has 0 saturated carbocycles. The van der Waals surface area contributed by atoms with Crippen LogP contribution in [0.2, 0.25) is 0 Å². The van der Waals surface area contributed by atoms with Crippen molar-refractivity contribution >= 4 is 0 Å². The fourth-order valence-corrected chi connectivity index (χ4v) is 2.89. The minimum Gasteiger partial charge on any atom is -0.496 e. The normalized spacial score (nSPS) is 12.2. The smallest absolute Gasteiger partial charge is 0.122 e. The van der Waals surface area contributed by atoms with Crippen molar-refractivity contribution in [2.75, 3.05) is 7.11 Å². The number of nitriles is 1. The van der Waals surface area contributed by atoms with Crippen LogP contribution in [0.4, 0.5) is 0 Å². The average Bonchev–Trinajstić information content (AvgIpc) is 2.59. The minimum absolute atomic E-state index is 0.164. The van der Waals surface area contributed by atoms with E-state index in [0.29, 0.717) is 18.3 Å². The Morgan fingerprint density at radius 3 is 1.92 bits per heavy atom. The Morgan fingerprint density at radius 1 is 0.875 bits per heavy atom. The summed E-state index contributed by atoms with van der Waals surface area (Å²) >= 11 is 0. The van der Waals surface area contributed by atoms with E-state index in [4.69, 9.17) is 4.74 Å². The number of hydrogen-bond acceptors (Lipinski definition) is 2. The highest BCUT2D eigenvalue weighted by Gasteiger charge is 2.16. The number of methoxy groups -OCH3 is 1. The highest BCUT2D eigenvalue weighted by atomic mass is 16.5. The van der Waals surface area contributed by atoms with Crippen molar-refractivity contribution in [3.8, 4) is 11.8 Å². The molecule has 0 aromatic heterocycles. The number of benzene rings is 2. The summed E-state index contributed by atoms with van der Waals surface area (Å²) in [5.41, 5.74) is 4.74. The van der Waals surface area contributed by atoms with Gasteiger partial charge in [-0.3, -0.25) is 0 Å². The molecule has 0 aliphatic carbocycles. The largest absolute Gasteiger partial charge is 0.496 e. The molecule has 0 fully saturated rings. The molecule has 0 radical (unpaired) electrons. The molecule has 2 rings (SSSR count). The van der Waals surface area contributed by atoms with E-state index in [-0.39, 0.29) is 5.92 Å². The SMILES string of the molecule is COc1ccc(C(C)C)cc1CC(C#N)c1ccc(C(C)C)cc1. The van der Waals surface area contributed by atoms with Gasteiger partial charge in [-0.1, -0.05) is 64.1 Å². The first-order valence-electron chi connectivity index (χ1n) is 8.62. The van der Waals surface area contributed by atoms with Crippen LogP contribution in [0, 0.1) is 11.3 Å². The first kappa shape index (κ1) is 18.1. The van der Waals surface area contributed by atoms with Gasteiger partial charge >= 0.3 is 0 Å². The Bertz CT molecular complexity index is 708. The summed E-state index contributed by atoms with van der Waals surface area (Å²) in [4.78, 5) is 0. The Kier molecular flexibility index (Phi) is 6.04. The van der Waals surface area contributed by atoms with Gasteiger partial charge in [0.1, 0.15) is 5.75 Å². The highest BCUT2D eigenvalue weighted by Crippen LogP contribution is 2.30. The van der Waals surface area contributed by atoms with Crippen molar-refractivity contribution in [1.29, 1.82) is 5.26 Å². The summed E-state index contributed by atoms with van der Waals surface area (Å²) in [6, 6.07) is 17.2. The molecule has 0 amide bonds. The van der Waals surface area contributed by atoms with E-state index >= 15 is 0 Å². The number of hydrogen-bond donors (Lipinski definition) is 0. The number of rotatable bonds is 6. The maximum absolute atomic E-state index is 9.67. The highest BCUT2D eigenvalue weighted by molar-refractivity contribution is 5.41. The monoisotopic (exact) mass is 321 g/mol. The van der Waals surface area contributed by atoms with Gasteiger partial charge in [0.25, 0.3) is 0 Å². The Balaban J connectivity index is 2.30. The zero-order valence-corrected chi connectivity index (χ0v) is 15.3. The summed E-state index contributed by atoms with van der Waals surface area (Å²) in [7, 11) is 1.69. The fraction of sp³-hybridized carbons (Fsp3) is 0.409. The van der Waals surface area contributed by atoms with Crippen LogP contribution in [0.5, 0.6) is 5.75 Å². The molecule has 0 bridgehead atoms. The lowest BCUT2D eigenvalue weighted by molar-refractivity contribution is 0.408. The van der Waals surface area contributed by atoms with Crippen molar-refractivity contribution in [3.63, 3.8) is 0 Å². The van der Waals surface area contributed by atoms with Crippen LogP contribution in [-0.2, 0) is 6.42 Å². The van der Waals surface area contributed by atoms with Crippen LogP contribution in [-0.4, -0.2) is 7.11 Å². The Hall–Kier alpha value is -2.27. The second-order valence-corrected chi connectivity index (χ2v) is 6.93. The van der Waals surface area contributed by atoms with Crippen LogP contribution in [0.25, 0.3) is 0 Å². The molecular formula is C22H27NO. The van der Waals surface area contributed by atoms with Crippen LogP contribution in [0.1, 0.15) is 67.7 Å². The lowest BCUT2D eigenvalue weighted by Gasteiger charge is -2.16. The third kappa shape index (κ3) is 4.17. The molecule has 24 heavy (non-hydrogen) atoms. The van der Waals surface area contributed by atoms with Gasteiger partial charge < -0.3 is 4.74 Å². The van der Waals surface area contributed by atoms with E-state index in [1.165, 1.54) is 11.1 Å². The van der Waals surface area contributed by atoms with Crippen molar-refractivity contribution in [3.05, 3.63) is 64.7 Å². The first-order valence-corrected chi connectivity index (χ1v) is 8.62. The number of ether oxygens (including phenoxy) is 1. The van der Waals surface area contributed by atoms with Gasteiger partial charge in [0.05, 0.1) is 19.1 Å². The van der Waals surface area contributed by atoms with Gasteiger partial charge in [-0.15, -0.1) is 0 Å². The molecule has 0 saturated heterocycles. The lowest BCUT2D eigenvalue weighted by Crippen LogP contribution is -2.04. The molecule has 0 N–H and O–H groups in total. The van der Waals surface area contributed by atoms with Crippen LogP contribution in [0.3, 0.4) is 0 Å². The van der Waals surface area contributed by atoms with Gasteiger partial charge in [-0.25, -0.2) is 0 Å². The molecule has 0 spiro atoms. The molecule has 1 atom stereocenters. The van der Waals surface area contributed by atoms with E-state index < -0.39 is 0 Å². The molecule has 2 aromatic carbocycles. The molecular weight excluding hydrogens is 294 g/mol. The second kappa shape index (κ2) is 8.02. The predicted octanol–water partition coefficient (Wildman–Crippen LogP) is 5.79. The molecule has 2 heteroatoms. The standard InChI is InChI=1S/C22H27NO/c1-15(2)17-6-8-18(9-7-17)21(14-23)13-20-12-19(16(3)4)10-11-22(20)24-5/h6-12,15-16,21H,13H2,1-5H3. The second-order valence-electron chi connectivity index (χ2n) is 6.93. The third-order valence-electron chi connectivity index (χ3n) is 4.56. The van der Waals surface area contributed by atoms with E-state index in [2.05, 4.69) is 70.2 Å². The van der Waals surface area contributed by atoms with Crippen molar-refractivity contribution in [1.82, 2.24) is 0 Å². The van der Waals surface area contributed by atoms with E-state index in [0.717, 1.165) is 16.9 Å². The van der Waals surface area contributed by atoms with E-state index in [9.17, 15) is 5.26 Å². The third-order valence-corrected chi connectivity index (χ3v) is 4.56. The van der Waals surface area contributed by atoms with E-state index in [1.54, 1.807) is 7.11 Å². The maximum Gasteiger partial charge on any atom is 0.122 e. The maximum atomic E-state index is 9.67. The zero-order valence-electron chi connectivity index (χ0n) is 15.3. The fourth-order valence-electron chi connectivity index (χ4n) is 2.89. The number of nitrogens with zero attached hydrogens (tertiary/aromatic N) is 1. The van der Waals surface area contributed by atoms with Gasteiger partial charge in [0.2, 0.25) is 0 Å². The average molecular weight is 321 g/mol. The quantitative estimate of drug-likeness (QED) is 0.674. The molecule has 1 unspecified atom stereocenters. The first-order chi connectivity index (χ1) is 11.5. The zero-order chi connectivity index (χ0) is 17.7. The lowest BCUT2D eigenvalue weighted by atomic mass is 9.89. The molecule has 0 aliphatic heterocycles. The molecule has 2 nitrogen and oxygen atoms in total. The van der Waals surface area contributed by atoms with Gasteiger partial charge in [-0.2, -0.15) is 5.26 Å². The summed E-state index contributed by atoms with van der Waals surface area (Å²) in [6.45, 7) is 8.72. The van der Waals surface area contributed by atoms with E-state index in [1.807, 2.05) is 6.07 Å². The predicted molar refractivity (Wildman–Crippen MR) is 99.7 cm³/mol. The van der Waals surface area contributed by atoms with Gasteiger partial charge in [0.15, 0.2) is 0 Å². The Labute approximate surface area is 146 Å². The molecule has 126 valence electrons. The topological polar surface area (TPSA) is 33.0 Å².